The summed E-state index contributed by atoms with van der Waals surface area (Å²) in [6, 6.07) is 6.11. The fourth-order valence-corrected chi connectivity index (χ4v) is 1.51. The van der Waals surface area contributed by atoms with E-state index < -0.39 is 0 Å². The highest BCUT2D eigenvalue weighted by Gasteiger charge is 1.99. The van der Waals surface area contributed by atoms with Crippen LogP contribution in [0.15, 0.2) is 24.3 Å². The molecule has 0 aliphatic rings. The van der Waals surface area contributed by atoms with Gasteiger partial charge >= 0.3 is 0 Å². The van der Waals surface area contributed by atoms with Gasteiger partial charge in [0.2, 0.25) is 0 Å². The predicted molar refractivity (Wildman–Crippen MR) is 68.6 cm³/mol. The largest absolute Gasteiger partial charge is 0.311 e. The molecule has 1 aromatic carbocycles. The van der Waals surface area contributed by atoms with Crippen LogP contribution in [0.4, 0.5) is 0 Å². The van der Waals surface area contributed by atoms with Gasteiger partial charge in [-0.1, -0.05) is 61.3 Å². The lowest BCUT2D eigenvalue weighted by Gasteiger charge is -2.04. The van der Waals surface area contributed by atoms with Crippen molar-refractivity contribution in [1.82, 2.24) is 5.32 Å². The smallest absolute Gasteiger partial charge is 0.0664 e. The molecule has 0 aromatic heterocycles. The van der Waals surface area contributed by atoms with Crippen molar-refractivity contribution in [3.63, 3.8) is 0 Å². The first kappa shape index (κ1) is 12.6. The first-order valence-corrected chi connectivity index (χ1v) is 5.71. The van der Waals surface area contributed by atoms with Crippen LogP contribution in [0.1, 0.15) is 19.4 Å². The number of hydrogen-bond donors (Lipinski definition) is 1. The van der Waals surface area contributed by atoms with Crippen molar-refractivity contribution in [3.05, 3.63) is 39.9 Å². The summed E-state index contributed by atoms with van der Waals surface area (Å²) in [6.07, 6.45) is 4.02. The maximum atomic E-state index is 6.03. The zero-order valence-electron chi connectivity index (χ0n) is 8.93. The van der Waals surface area contributed by atoms with Crippen molar-refractivity contribution >= 4 is 29.3 Å². The fraction of sp³-hybridized carbons (Fsp3) is 0.333. The van der Waals surface area contributed by atoms with E-state index in [1.165, 1.54) is 0 Å². The van der Waals surface area contributed by atoms with E-state index in [9.17, 15) is 0 Å². The molecule has 0 saturated heterocycles. The van der Waals surface area contributed by atoms with Crippen LogP contribution in [0.2, 0.25) is 10.0 Å². The van der Waals surface area contributed by atoms with Crippen LogP contribution in [0.5, 0.6) is 0 Å². The summed E-state index contributed by atoms with van der Waals surface area (Å²) in [5.74, 6) is 0. The van der Waals surface area contributed by atoms with E-state index in [2.05, 4.69) is 19.2 Å². The Labute approximate surface area is 101 Å². The van der Waals surface area contributed by atoms with E-state index >= 15 is 0 Å². The molecule has 0 fully saturated rings. The summed E-state index contributed by atoms with van der Waals surface area (Å²) in [5, 5.41) is 4.49. The average Bonchev–Trinajstić information content (AvgIpc) is 2.18. The number of halogens is 2. The van der Waals surface area contributed by atoms with Crippen LogP contribution >= 0.6 is 23.2 Å². The van der Waals surface area contributed by atoms with Gasteiger partial charge in [0.15, 0.2) is 0 Å². The molecule has 0 amide bonds. The molecule has 0 spiro atoms. The molecule has 1 rings (SSSR count). The van der Waals surface area contributed by atoms with Crippen molar-refractivity contribution in [2.45, 2.75) is 19.9 Å². The third-order valence-corrected chi connectivity index (χ3v) is 2.76. The average molecular weight is 244 g/mol. The Balaban J connectivity index is 2.60. The molecule has 1 N–H and O–H groups in total. The predicted octanol–water partition coefficient (Wildman–Crippen LogP) is 4.00. The van der Waals surface area contributed by atoms with Gasteiger partial charge in [0.25, 0.3) is 0 Å². The topological polar surface area (TPSA) is 12.0 Å². The Hall–Kier alpha value is -0.500. The Morgan fingerprint density at radius 2 is 2.07 bits per heavy atom. The maximum absolute atomic E-state index is 6.03. The summed E-state index contributed by atoms with van der Waals surface area (Å²) >= 11 is 11.9. The molecule has 0 radical (unpaired) electrons. The van der Waals surface area contributed by atoms with Gasteiger partial charge in [0.05, 0.1) is 10.0 Å². The number of benzene rings is 1. The summed E-state index contributed by atoms with van der Waals surface area (Å²) < 4.78 is 0. The Kier molecular flexibility index (Phi) is 5.16. The first-order valence-electron chi connectivity index (χ1n) is 4.95. The summed E-state index contributed by atoms with van der Waals surface area (Å²) in [7, 11) is 0. The van der Waals surface area contributed by atoms with Gasteiger partial charge in [-0.05, 0) is 11.6 Å². The lowest BCUT2D eigenvalue weighted by Crippen LogP contribution is -2.22. The van der Waals surface area contributed by atoms with Gasteiger partial charge in [0, 0.05) is 12.6 Å². The van der Waals surface area contributed by atoms with Crippen LogP contribution in [0.3, 0.4) is 0 Å². The minimum absolute atomic E-state index is 0.490. The van der Waals surface area contributed by atoms with E-state index in [-0.39, 0.29) is 0 Å². The van der Waals surface area contributed by atoms with Crippen molar-refractivity contribution in [2.75, 3.05) is 6.54 Å². The SMILES string of the molecule is CC(C)NCC=Cc1cccc(Cl)c1Cl. The van der Waals surface area contributed by atoms with Crippen LogP contribution in [0.25, 0.3) is 6.08 Å². The van der Waals surface area contributed by atoms with Gasteiger partial charge < -0.3 is 5.32 Å². The molecule has 0 saturated carbocycles. The standard InChI is InChI=1S/C12H15Cl2N/c1-9(2)15-8-4-6-10-5-3-7-11(13)12(10)14/h3-7,9,15H,8H2,1-2H3. The molecule has 0 heterocycles. The molecule has 0 atom stereocenters. The molecule has 3 heteroatoms. The summed E-state index contributed by atoms with van der Waals surface area (Å²) in [4.78, 5) is 0. The number of hydrogen-bond acceptors (Lipinski definition) is 1. The minimum Gasteiger partial charge on any atom is -0.311 e. The van der Waals surface area contributed by atoms with Crippen LogP contribution in [-0.2, 0) is 0 Å². The second kappa shape index (κ2) is 6.16. The van der Waals surface area contributed by atoms with Crippen LogP contribution < -0.4 is 5.32 Å². The molecule has 0 bridgehead atoms. The van der Waals surface area contributed by atoms with Crippen LogP contribution in [-0.4, -0.2) is 12.6 Å². The molecular weight excluding hydrogens is 229 g/mol. The summed E-state index contributed by atoms with van der Waals surface area (Å²) in [5.41, 5.74) is 0.953. The first-order chi connectivity index (χ1) is 7.11. The van der Waals surface area contributed by atoms with Gasteiger partial charge in [-0.2, -0.15) is 0 Å². The Bertz CT molecular complexity index is 345. The number of rotatable bonds is 4. The third kappa shape index (κ3) is 4.25. The van der Waals surface area contributed by atoms with Crippen molar-refractivity contribution in [1.29, 1.82) is 0 Å². The molecule has 0 unspecified atom stereocenters. The molecule has 0 aliphatic heterocycles. The third-order valence-electron chi connectivity index (χ3n) is 1.92. The van der Waals surface area contributed by atoms with E-state index in [1.54, 1.807) is 6.07 Å². The van der Waals surface area contributed by atoms with Gasteiger partial charge in [-0.15, -0.1) is 0 Å². The van der Waals surface area contributed by atoms with Crippen molar-refractivity contribution < 1.29 is 0 Å². The number of nitrogens with one attached hydrogen (secondary N) is 1. The van der Waals surface area contributed by atoms with Crippen molar-refractivity contribution in [3.8, 4) is 0 Å². The van der Waals surface area contributed by atoms with Crippen molar-refractivity contribution in [2.24, 2.45) is 0 Å². The normalized spacial score (nSPS) is 11.5. The zero-order valence-corrected chi connectivity index (χ0v) is 10.4. The fourth-order valence-electron chi connectivity index (χ4n) is 1.14. The Morgan fingerprint density at radius 1 is 1.33 bits per heavy atom. The van der Waals surface area contributed by atoms with E-state index in [0.29, 0.717) is 16.1 Å². The Morgan fingerprint density at radius 3 is 2.73 bits per heavy atom. The molecular formula is C12H15Cl2N. The second-order valence-electron chi connectivity index (χ2n) is 3.61. The highest BCUT2D eigenvalue weighted by atomic mass is 35.5. The second-order valence-corrected chi connectivity index (χ2v) is 4.39. The lowest BCUT2D eigenvalue weighted by molar-refractivity contribution is 0.633. The van der Waals surface area contributed by atoms with Crippen LogP contribution in [0, 0.1) is 0 Å². The van der Waals surface area contributed by atoms with E-state index in [1.807, 2.05) is 24.3 Å². The quantitative estimate of drug-likeness (QED) is 0.843. The molecule has 82 valence electrons. The monoisotopic (exact) mass is 243 g/mol. The zero-order chi connectivity index (χ0) is 11.3. The highest BCUT2D eigenvalue weighted by molar-refractivity contribution is 6.42. The maximum Gasteiger partial charge on any atom is 0.0664 e. The highest BCUT2D eigenvalue weighted by Crippen LogP contribution is 2.26. The van der Waals surface area contributed by atoms with Gasteiger partial charge in [-0.25, -0.2) is 0 Å². The molecule has 15 heavy (non-hydrogen) atoms. The van der Waals surface area contributed by atoms with E-state index in [0.717, 1.165) is 12.1 Å². The molecule has 0 aliphatic carbocycles. The minimum atomic E-state index is 0.490. The van der Waals surface area contributed by atoms with Gasteiger partial charge in [-0.3, -0.25) is 0 Å². The molecule has 1 nitrogen and oxygen atoms in total. The molecule has 1 aromatic rings. The summed E-state index contributed by atoms with van der Waals surface area (Å²) in [6.45, 7) is 5.06. The lowest BCUT2D eigenvalue weighted by atomic mass is 10.2. The van der Waals surface area contributed by atoms with Gasteiger partial charge in [0.1, 0.15) is 0 Å². The van der Waals surface area contributed by atoms with E-state index in [4.69, 9.17) is 23.2 Å².